The molecule has 0 aromatic heterocycles. The van der Waals surface area contributed by atoms with Gasteiger partial charge in [-0.1, -0.05) is 102 Å². The summed E-state index contributed by atoms with van der Waals surface area (Å²) in [6, 6.07) is 15.6. The maximum Gasteiger partial charge on any atom is 0.255 e. The number of carbonyl (C=O) groups is 1. The van der Waals surface area contributed by atoms with Crippen LogP contribution in [0.4, 0.5) is 5.69 Å². The fourth-order valence-electron chi connectivity index (χ4n) is 4.59. The molecule has 1 aliphatic rings. The molecule has 0 fully saturated rings. The summed E-state index contributed by atoms with van der Waals surface area (Å²) in [4.78, 5) is 15.2. The third-order valence-electron chi connectivity index (χ3n) is 6.96. The average Bonchev–Trinajstić information content (AvgIpc) is 3.32. The predicted molar refractivity (Wildman–Crippen MR) is 169 cm³/mol. The number of carbonyl (C=O) groups excluding carboxylic acids is 1. The maximum atomic E-state index is 12.9. The summed E-state index contributed by atoms with van der Waals surface area (Å²) < 4.78 is 6.04. The van der Waals surface area contributed by atoms with Gasteiger partial charge >= 0.3 is 0 Å². The predicted octanol–water partition coefficient (Wildman–Crippen LogP) is 9.96. The van der Waals surface area contributed by atoms with Crippen LogP contribution in [0.5, 0.6) is 5.75 Å². The van der Waals surface area contributed by atoms with Gasteiger partial charge in [0.15, 0.2) is 0 Å². The number of amides is 1. The Bertz CT molecular complexity index is 964. The Labute approximate surface area is 245 Å². The Morgan fingerprint density at radius 3 is 2.08 bits per heavy atom. The normalized spacial score (nSPS) is 12.7. The van der Waals surface area contributed by atoms with E-state index in [4.69, 9.17) is 4.74 Å². The molecular weight excluding hydrogens is 556 g/mol. The lowest BCUT2D eigenvalue weighted by Crippen LogP contribution is -2.17. The molecular formula is C32H47BrN2O2S. The van der Waals surface area contributed by atoms with Crippen LogP contribution in [0.3, 0.4) is 0 Å². The minimum atomic E-state index is -0.110. The van der Waals surface area contributed by atoms with Crippen molar-refractivity contribution in [2.45, 2.75) is 97.4 Å². The SMILES string of the molecule is Br.CCCCCCCCCCCCCCOc1ccccc1NC(=O)c1ccc(CN2CSC=C2C)cc1. The first-order valence-electron chi connectivity index (χ1n) is 14.3. The van der Waals surface area contributed by atoms with Gasteiger partial charge in [0.1, 0.15) is 5.75 Å². The summed E-state index contributed by atoms with van der Waals surface area (Å²) in [6.45, 7) is 5.96. The molecule has 2 aromatic rings. The average molecular weight is 604 g/mol. The van der Waals surface area contributed by atoms with Gasteiger partial charge in [-0.05, 0) is 48.6 Å². The molecule has 0 bridgehead atoms. The lowest BCUT2D eigenvalue weighted by atomic mass is 10.1. The van der Waals surface area contributed by atoms with Gasteiger partial charge in [-0.15, -0.1) is 28.7 Å². The first kappa shape index (κ1) is 32.3. The zero-order valence-corrected chi connectivity index (χ0v) is 25.9. The minimum Gasteiger partial charge on any atom is -0.491 e. The van der Waals surface area contributed by atoms with E-state index in [-0.39, 0.29) is 22.9 Å². The van der Waals surface area contributed by atoms with Gasteiger partial charge in [0.25, 0.3) is 5.91 Å². The van der Waals surface area contributed by atoms with Gasteiger partial charge in [0, 0.05) is 17.8 Å². The largest absolute Gasteiger partial charge is 0.491 e. The third-order valence-corrected chi connectivity index (χ3v) is 7.93. The second-order valence-electron chi connectivity index (χ2n) is 10.1. The topological polar surface area (TPSA) is 41.6 Å². The molecule has 0 atom stereocenters. The van der Waals surface area contributed by atoms with Gasteiger partial charge in [-0.25, -0.2) is 0 Å². The molecule has 2 aromatic carbocycles. The smallest absolute Gasteiger partial charge is 0.255 e. The zero-order valence-electron chi connectivity index (χ0n) is 23.4. The summed E-state index contributed by atoms with van der Waals surface area (Å²) in [5, 5.41) is 5.23. The van der Waals surface area contributed by atoms with Crippen LogP contribution in [-0.4, -0.2) is 23.3 Å². The van der Waals surface area contributed by atoms with E-state index >= 15 is 0 Å². The highest BCUT2D eigenvalue weighted by atomic mass is 79.9. The number of halogens is 1. The van der Waals surface area contributed by atoms with Crippen molar-refractivity contribution in [2.75, 3.05) is 17.8 Å². The van der Waals surface area contributed by atoms with Gasteiger partial charge < -0.3 is 15.0 Å². The highest BCUT2D eigenvalue weighted by Gasteiger charge is 2.13. The second-order valence-corrected chi connectivity index (χ2v) is 11.0. The lowest BCUT2D eigenvalue weighted by Gasteiger charge is -2.19. The molecule has 0 spiro atoms. The first-order valence-corrected chi connectivity index (χ1v) is 15.4. The number of nitrogens with zero attached hydrogens (tertiary/aromatic N) is 1. The fourth-order valence-corrected chi connectivity index (χ4v) is 5.53. The molecule has 4 nitrogen and oxygen atoms in total. The summed E-state index contributed by atoms with van der Waals surface area (Å²) in [6.07, 6.45) is 15.9. The number of unbranched alkanes of at least 4 members (excludes halogenated alkanes) is 11. The van der Waals surface area contributed by atoms with Crippen LogP contribution in [-0.2, 0) is 6.54 Å². The summed E-state index contributed by atoms with van der Waals surface area (Å²) in [5.74, 6) is 1.62. The van der Waals surface area contributed by atoms with E-state index in [0.29, 0.717) is 12.2 Å². The van der Waals surface area contributed by atoms with Crippen LogP contribution >= 0.6 is 28.7 Å². The van der Waals surface area contributed by atoms with Crippen LogP contribution < -0.4 is 10.1 Å². The number of rotatable bonds is 18. The van der Waals surface area contributed by atoms with Crippen molar-refractivity contribution in [2.24, 2.45) is 0 Å². The van der Waals surface area contributed by atoms with Crippen molar-refractivity contribution in [1.82, 2.24) is 4.90 Å². The molecule has 1 aliphatic heterocycles. The van der Waals surface area contributed by atoms with E-state index in [1.165, 1.54) is 81.9 Å². The fraction of sp³-hybridized carbons (Fsp3) is 0.531. The Balaban J connectivity index is 0.00000507. The Morgan fingerprint density at radius 1 is 0.868 bits per heavy atom. The molecule has 0 unspecified atom stereocenters. The monoisotopic (exact) mass is 602 g/mol. The highest BCUT2D eigenvalue weighted by Crippen LogP contribution is 2.26. The van der Waals surface area contributed by atoms with Gasteiger partial charge in [-0.3, -0.25) is 4.79 Å². The Kier molecular flexibility index (Phi) is 16.3. The van der Waals surface area contributed by atoms with E-state index in [1.807, 2.05) is 60.3 Å². The van der Waals surface area contributed by atoms with Crippen molar-refractivity contribution in [3.05, 3.63) is 70.8 Å². The van der Waals surface area contributed by atoms with Crippen LogP contribution in [0.1, 0.15) is 107 Å². The van der Waals surface area contributed by atoms with Gasteiger partial charge in [-0.2, -0.15) is 0 Å². The van der Waals surface area contributed by atoms with E-state index in [2.05, 4.69) is 29.5 Å². The van der Waals surface area contributed by atoms with Crippen molar-refractivity contribution in [3.63, 3.8) is 0 Å². The number of hydrogen-bond donors (Lipinski definition) is 1. The second kappa shape index (κ2) is 19.2. The zero-order chi connectivity index (χ0) is 26.1. The van der Waals surface area contributed by atoms with Crippen molar-refractivity contribution in [3.8, 4) is 5.75 Å². The number of benzene rings is 2. The molecule has 0 radical (unpaired) electrons. The number of para-hydroxylation sites is 2. The molecule has 1 amide bonds. The molecule has 0 aliphatic carbocycles. The highest BCUT2D eigenvalue weighted by molar-refractivity contribution is 8.93. The van der Waals surface area contributed by atoms with Gasteiger partial charge in [0.05, 0.1) is 18.2 Å². The standard InChI is InChI=1S/C32H46N2O2S.BrH/c1-3-4-5-6-7-8-9-10-11-12-13-16-23-36-31-18-15-14-17-30(31)33-32(35)29-21-19-28(20-22-29)24-34-26-37-25-27(34)2;/h14-15,17-22,25H,3-13,16,23-24,26H2,1-2H3,(H,33,35);1H. The number of ether oxygens (including phenoxy) is 1. The van der Waals surface area contributed by atoms with E-state index in [1.54, 1.807) is 0 Å². The van der Waals surface area contributed by atoms with Crippen LogP contribution in [0.2, 0.25) is 0 Å². The van der Waals surface area contributed by atoms with Crippen molar-refractivity contribution < 1.29 is 9.53 Å². The number of allylic oxidation sites excluding steroid dienone is 1. The molecule has 1 heterocycles. The van der Waals surface area contributed by atoms with Crippen molar-refractivity contribution >= 4 is 40.3 Å². The van der Waals surface area contributed by atoms with Crippen molar-refractivity contribution in [1.29, 1.82) is 0 Å². The van der Waals surface area contributed by atoms with Crippen LogP contribution in [0.25, 0.3) is 0 Å². The molecule has 210 valence electrons. The number of nitrogens with one attached hydrogen (secondary N) is 1. The molecule has 3 rings (SSSR count). The van der Waals surface area contributed by atoms with Crippen LogP contribution in [0.15, 0.2) is 59.6 Å². The Morgan fingerprint density at radius 2 is 1.47 bits per heavy atom. The first-order chi connectivity index (χ1) is 18.2. The minimum absolute atomic E-state index is 0. The third kappa shape index (κ3) is 11.9. The Hall–Kier alpha value is -1.92. The lowest BCUT2D eigenvalue weighted by molar-refractivity contribution is 0.102. The number of thioether (sulfide) groups is 1. The number of hydrogen-bond acceptors (Lipinski definition) is 4. The summed E-state index contributed by atoms with van der Waals surface area (Å²) in [5.41, 5.74) is 3.89. The molecule has 0 saturated carbocycles. The van der Waals surface area contributed by atoms with E-state index < -0.39 is 0 Å². The number of anilines is 1. The molecule has 0 saturated heterocycles. The maximum absolute atomic E-state index is 12.9. The molecule has 1 N–H and O–H groups in total. The van der Waals surface area contributed by atoms with Crippen LogP contribution in [0, 0.1) is 0 Å². The molecule has 38 heavy (non-hydrogen) atoms. The summed E-state index contributed by atoms with van der Waals surface area (Å²) >= 11 is 1.82. The summed E-state index contributed by atoms with van der Waals surface area (Å²) in [7, 11) is 0. The quantitative estimate of drug-likeness (QED) is 0.172. The van der Waals surface area contributed by atoms with E-state index in [0.717, 1.165) is 30.3 Å². The van der Waals surface area contributed by atoms with E-state index in [9.17, 15) is 4.79 Å². The molecule has 6 heteroatoms. The van der Waals surface area contributed by atoms with Gasteiger partial charge in [0.2, 0.25) is 0 Å².